The molecule has 1 amide bonds. The van der Waals surface area contributed by atoms with Crippen LogP contribution in [0.3, 0.4) is 0 Å². The van der Waals surface area contributed by atoms with Crippen LogP contribution in [0, 0.1) is 24.6 Å². The topological polar surface area (TPSA) is 41.1 Å². The molecule has 0 saturated carbocycles. The summed E-state index contributed by atoms with van der Waals surface area (Å²) in [6, 6.07) is 4.41. The van der Waals surface area contributed by atoms with Gasteiger partial charge in [0.2, 0.25) is 5.91 Å². The van der Waals surface area contributed by atoms with Crippen LogP contribution >= 0.6 is 0 Å². The van der Waals surface area contributed by atoms with Gasteiger partial charge in [0.1, 0.15) is 5.82 Å². The normalized spacial score (nSPS) is 23.7. The van der Waals surface area contributed by atoms with Crippen molar-refractivity contribution in [1.29, 1.82) is 0 Å². The van der Waals surface area contributed by atoms with Gasteiger partial charge in [-0.25, -0.2) is 4.39 Å². The molecule has 1 aliphatic heterocycles. The maximum Gasteiger partial charge on any atom is 0.228 e. The molecule has 2 N–H and O–H groups in total. The minimum atomic E-state index is -0.279. The summed E-state index contributed by atoms with van der Waals surface area (Å²) in [6.07, 6.45) is 0.902. The van der Waals surface area contributed by atoms with Crippen molar-refractivity contribution in [2.75, 3.05) is 18.4 Å². The van der Waals surface area contributed by atoms with E-state index in [2.05, 4.69) is 17.6 Å². The van der Waals surface area contributed by atoms with E-state index >= 15 is 0 Å². The Labute approximate surface area is 107 Å². The number of anilines is 1. The molecule has 2 atom stereocenters. The van der Waals surface area contributed by atoms with Gasteiger partial charge in [0.25, 0.3) is 0 Å². The minimum Gasteiger partial charge on any atom is -0.326 e. The highest BCUT2D eigenvalue weighted by atomic mass is 19.1. The third-order valence-electron chi connectivity index (χ3n) is 3.39. The molecule has 1 aromatic carbocycles. The molecule has 2 rings (SSSR count). The van der Waals surface area contributed by atoms with Gasteiger partial charge in [0.15, 0.2) is 0 Å². The van der Waals surface area contributed by atoms with Crippen molar-refractivity contribution in [3.05, 3.63) is 29.6 Å². The summed E-state index contributed by atoms with van der Waals surface area (Å²) in [7, 11) is 0. The number of aryl methyl sites for hydroxylation is 1. The Kier molecular flexibility index (Phi) is 3.97. The van der Waals surface area contributed by atoms with Crippen molar-refractivity contribution in [3.8, 4) is 0 Å². The number of halogens is 1. The highest BCUT2D eigenvalue weighted by Crippen LogP contribution is 2.20. The molecule has 4 heteroatoms. The first-order valence-corrected chi connectivity index (χ1v) is 6.34. The molecule has 0 aliphatic carbocycles. The Morgan fingerprint density at radius 2 is 2.22 bits per heavy atom. The molecule has 18 heavy (non-hydrogen) atoms. The van der Waals surface area contributed by atoms with Crippen LogP contribution in [0.15, 0.2) is 18.2 Å². The Bertz CT molecular complexity index is 447. The van der Waals surface area contributed by atoms with Crippen molar-refractivity contribution in [3.63, 3.8) is 0 Å². The van der Waals surface area contributed by atoms with Crippen LogP contribution in [0.25, 0.3) is 0 Å². The lowest BCUT2D eigenvalue weighted by Gasteiger charge is -2.27. The Morgan fingerprint density at radius 3 is 2.89 bits per heavy atom. The van der Waals surface area contributed by atoms with E-state index in [1.165, 1.54) is 12.1 Å². The monoisotopic (exact) mass is 250 g/mol. The highest BCUT2D eigenvalue weighted by molar-refractivity contribution is 5.93. The van der Waals surface area contributed by atoms with Crippen molar-refractivity contribution in [2.45, 2.75) is 20.3 Å². The molecule has 1 aromatic rings. The SMILES string of the molecule is Cc1cc(F)ccc1NC(=O)C1CNCC(C)C1. The van der Waals surface area contributed by atoms with E-state index in [0.717, 1.165) is 25.1 Å². The maximum absolute atomic E-state index is 13.0. The predicted octanol–water partition coefficient (Wildman–Crippen LogP) is 2.32. The van der Waals surface area contributed by atoms with E-state index < -0.39 is 0 Å². The smallest absolute Gasteiger partial charge is 0.228 e. The second-order valence-corrected chi connectivity index (χ2v) is 5.14. The van der Waals surface area contributed by atoms with E-state index in [1.54, 1.807) is 13.0 Å². The summed E-state index contributed by atoms with van der Waals surface area (Å²) in [6.45, 7) is 5.62. The van der Waals surface area contributed by atoms with Crippen LogP contribution in [-0.2, 0) is 4.79 Å². The minimum absolute atomic E-state index is 0.00166. The quantitative estimate of drug-likeness (QED) is 0.845. The average Bonchev–Trinajstić information content (AvgIpc) is 2.32. The van der Waals surface area contributed by atoms with Gasteiger partial charge >= 0.3 is 0 Å². The third-order valence-corrected chi connectivity index (χ3v) is 3.39. The number of nitrogens with one attached hydrogen (secondary N) is 2. The summed E-state index contributed by atoms with van der Waals surface area (Å²) in [4.78, 5) is 12.1. The molecule has 0 spiro atoms. The molecule has 0 aromatic heterocycles. The molecular formula is C14H19FN2O. The number of amides is 1. The maximum atomic E-state index is 13.0. The number of carbonyl (C=O) groups excluding carboxylic acids is 1. The fraction of sp³-hybridized carbons (Fsp3) is 0.500. The predicted molar refractivity (Wildman–Crippen MR) is 69.9 cm³/mol. The zero-order valence-electron chi connectivity index (χ0n) is 10.8. The molecule has 1 fully saturated rings. The fourth-order valence-corrected chi connectivity index (χ4v) is 2.36. The van der Waals surface area contributed by atoms with Gasteiger partial charge in [0, 0.05) is 12.2 Å². The lowest BCUT2D eigenvalue weighted by Crippen LogP contribution is -2.41. The second-order valence-electron chi connectivity index (χ2n) is 5.14. The first-order chi connectivity index (χ1) is 8.56. The van der Waals surface area contributed by atoms with E-state index in [0.29, 0.717) is 11.6 Å². The standard InChI is InChI=1S/C14H19FN2O/c1-9-5-11(8-16-7-9)14(18)17-13-4-3-12(15)6-10(13)2/h3-4,6,9,11,16H,5,7-8H2,1-2H3,(H,17,18). The first kappa shape index (κ1) is 13.0. The van der Waals surface area contributed by atoms with Crippen molar-refractivity contribution < 1.29 is 9.18 Å². The van der Waals surface area contributed by atoms with E-state index in [9.17, 15) is 9.18 Å². The number of hydrogen-bond donors (Lipinski definition) is 2. The van der Waals surface area contributed by atoms with Crippen molar-refractivity contribution in [2.24, 2.45) is 11.8 Å². The number of carbonyl (C=O) groups is 1. The Morgan fingerprint density at radius 1 is 1.44 bits per heavy atom. The summed E-state index contributed by atoms with van der Waals surface area (Å²) in [5, 5.41) is 6.14. The molecule has 1 saturated heterocycles. The van der Waals surface area contributed by atoms with Gasteiger partial charge in [-0.15, -0.1) is 0 Å². The van der Waals surface area contributed by atoms with Gasteiger partial charge in [-0.2, -0.15) is 0 Å². The lowest BCUT2D eigenvalue weighted by atomic mass is 9.91. The van der Waals surface area contributed by atoms with Crippen LogP contribution in [0.2, 0.25) is 0 Å². The number of benzene rings is 1. The first-order valence-electron chi connectivity index (χ1n) is 6.34. The largest absolute Gasteiger partial charge is 0.326 e. The van der Waals surface area contributed by atoms with Gasteiger partial charge in [-0.05, 0) is 49.6 Å². The van der Waals surface area contributed by atoms with Crippen LogP contribution in [0.4, 0.5) is 10.1 Å². The van der Waals surface area contributed by atoms with E-state index in [1.807, 2.05) is 0 Å². The van der Waals surface area contributed by atoms with E-state index in [4.69, 9.17) is 0 Å². The molecule has 1 aliphatic rings. The summed E-state index contributed by atoms with van der Waals surface area (Å²) < 4.78 is 13.0. The van der Waals surface area contributed by atoms with Crippen LogP contribution in [0.5, 0.6) is 0 Å². The van der Waals surface area contributed by atoms with Crippen molar-refractivity contribution >= 4 is 11.6 Å². The lowest BCUT2D eigenvalue weighted by molar-refractivity contribution is -0.120. The highest BCUT2D eigenvalue weighted by Gasteiger charge is 2.24. The van der Waals surface area contributed by atoms with Crippen LogP contribution in [0.1, 0.15) is 18.9 Å². The molecule has 3 nitrogen and oxygen atoms in total. The average molecular weight is 250 g/mol. The molecular weight excluding hydrogens is 231 g/mol. The van der Waals surface area contributed by atoms with Gasteiger partial charge in [-0.3, -0.25) is 4.79 Å². The summed E-state index contributed by atoms with van der Waals surface area (Å²) >= 11 is 0. The van der Waals surface area contributed by atoms with Gasteiger partial charge in [0.05, 0.1) is 5.92 Å². The Balaban J connectivity index is 2.02. The third kappa shape index (κ3) is 3.07. The molecule has 1 heterocycles. The number of rotatable bonds is 2. The number of piperidine rings is 1. The van der Waals surface area contributed by atoms with Crippen LogP contribution < -0.4 is 10.6 Å². The van der Waals surface area contributed by atoms with Gasteiger partial charge < -0.3 is 10.6 Å². The zero-order chi connectivity index (χ0) is 13.1. The molecule has 0 bridgehead atoms. The fourth-order valence-electron chi connectivity index (χ4n) is 2.36. The zero-order valence-corrected chi connectivity index (χ0v) is 10.8. The molecule has 2 unspecified atom stereocenters. The van der Waals surface area contributed by atoms with Gasteiger partial charge in [-0.1, -0.05) is 6.92 Å². The number of hydrogen-bond acceptors (Lipinski definition) is 2. The van der Waals surface area contributed by atoms with E-state index in [-0.39, 0.29) is 17.6 Å². The second kappa shape index (κ2) is 5.48. The molecule has 0 radical (unpaired) electrons. The summed E-state index contributed by atoms with van der Waals surface area (Å²) in [5.74, 6) is 0.254. The van der Waals surface area contributed by atoms with Crippen LogP contribution in [-0.4, -0.2) is 19.0 Å². The summed E-state index contributed by atoms with van der Waals surface area (Å²) in [5.41, 5.74) is 1.44. The Hall–Kier alpha value is -1.42. The molecule has 98 valence electrons. The van der Waals surface area contributed by atoms with Crippen molar-refractivity contribution in [1.82, 2.24) is 5.32 Å².